The van der Waals surface area contributed by atoms with Crippen molar-refractivity contribution < 1.29 is 19.0 Å². The van der Waals surface area contributed by atoms with Gasteiger partial charge in [-0.15, -0.1) is 0 Å². The topological polar surface area (TPSA) is 106 Å². The molecule has 0 aromatic rings. The Balaban J connectivity index is 3.04. The number of hydrogen-bond donors (Lipinski definition) is 1. The van der Waals surface area contributed by atoms with Gasteiger partial charge >= 0.3 is 0 Å². The van der Waals surface area contributed by atoms with E-state index in [9.17, 15) is 4.79 Å². The van der Waals surface area contributed by atoms with E-state index in [1.54, 1.807) is 0 Å². The second kappa shape index (κ2) is 14.5. The summed E-state index contributed by atoms with van der Waals surface area (Å²) in [6.07, 6.45) is 1.21. The summed E-state index contributed by atoms with van der Waals surface area (Å²) in [5.74, 6) is -0.210. The Morgan fingerprint density at radius 3 is 2.32 bits per heavy atom. The molecule has 108 valence electrons. The number of carbonyl (C=O) groups excluding carboxylic acids is 1. The lowest BCUT2D eigenvalue weighted by atomic mass is 10.5. The Morgan fingerprint density at radius 1 is 1.16 bits per heavy atom. The third kappa shape index (κ3) is 14.3. The van der Waals surface area contributed by atoms with Crippen LogP contribution >= 0.6 is 0 Å². The Labute approximate surface area is 112 Å². The minimum absolute atomic E-state index is 0.210. The predicted molar refractivity (Wildman–Crippen MR) is 69.7 cm³/mol. The molecule has 0 saturated carbocycles. The average Bonchev–Trinajstić information content (AvgIpc) is 2.43. The molecule has 0 radical (unpaired) electrons. The number of hydrogen-bond acceptors (Lipinski definition) is 5. The van der Waals surface area contributed by atoms with E-state index < -0.39 is 0 Å². The van der Waals surface area contributed by atoms with Crippen LogP contribution in [0.2, 0.25) is 0 Å². The van der Waals surface area contributed by atoms with Crippen LogP contribution in [-0.4, -0.2) is 58.6 Å². The highest BCUT2D eigenvalue weighted by Crippen LogP contribution is 1.82. The van der Waals surface area contributed by atoms with Crippen LogP contribution in [-0.2, 0) is 19.0 Å². The van der Waals surface area contributed by atoms with Crippen molar-refractivity contribution in [2.24, 2.45) is 5.11 Å². The van der Waals surface area contributed by atoms with Crippen LogP contribution in [0.25, 0.3) is 10.4 Å². The van der Waals surface area contributed by atoms with Crippen LogP contribution in [0.5, 0.6) is 0 Å². The largest absolute Gasteiger partial charge is 0.379 e. The quantitative estimate of drug-likeness (QED) is 0.175. The molecule has 0 heterocycles. The lowest BCUT2D eigenvalue weighted by molar-refractivity contribution is -0.116. The molecule has 1 amide bonds. The average molecular weight is 272 g/mol. The van der Waals surface area contributed by atoms with E-state index in [1.165, 1.54) is 6.08 Å². The van der Waals surface area contributed by atoms with Crippen LogP contribution in [0.1, 0.15) is 0 Å². The minimum Gasteiger partial charge on any atom is -0.379 e. The van der Waals surface area contributed by atoms with Crippen LogP contribution in [0, 0.1) is 0 Å². The second-order valence-electron chi connectivity index (χ2n) is 3.29. The first-order valence-electron chi connectivity index (χ1n) is 5.95. The molecule has 0 spiro atoms. The van der Waals surface area contributed by atoms with Gasteiger partial charge in [-0.05, 0) is 11.6 Å². The van der Waals surface area contributed by atoms with Gasteiger partial charge in [-0.25, -0.2) is 0 Å². The zero-order valence-corrected chi connectivity index (χ0v) is 10.9. The molecule has 19 heavy (non-hydrogen) atoms. The maximum atomic E-state index is 10.8. The van der Waals surface area contributed by atoms with Crippen LogP contribution in [0.15, 0.2) is 17.8 Å². The fourth-order valence-corrected chi connectivity index (χ4v) is 1.01. The molecule has 8 heteroatoms. The summed E-state index contributed by atoms with van der Waals surface area (Å²) >= 11 is 0. The Morgan fingerprint density at radius 2 is 1.74 bits per heavy atom. The van der Waals surface area contributed by atoms with Gasteiger partial charge in [0.1, 0.15) is 0 Å². The first-order chi connectivity index (χ1) is 9.31. The van der Waals surface area contributed by atoms with Gasteiger partial charge in [-0.1, -0.05) is 11.7 Å². The van der Waals surface area contributed by atoms with E-state index in [4.69, 9.17) is 19.7 Å². The van der Waals surface area contributed by atoms with Gasteiger partial charge in [-0.3, -0.25) is 4.79 Å². The van der Waals surface area contributed by atoms with Crippen molar-refractivity contribution in [1.82, 2.24) is 5.32 Å². The molecule has 0 aliphatic rings. The Bertz CT molecular complexity index is 292. The zero-order valence-electron chi connectivity index (χ0n) is 10.9. The van der Waals surface area contributed by atoms with E-state index in [0.29, 0.717) is 52.7 Å². The first kappa shape index (κ1) is 17.4. The van der Waals surface area contributed by atoms with E-state index >= 15 is 0 Å². The molecule has 0 bridgehead atoms. The van der Waals surface area contributed by atoms with Crippen molar-refractivity contribution in [3.8, 4) is 0 Å². The summed E-state index contributed by atoms with van der Waals surface area (Å²) < 4.78 is 15.6. The lowest BCUT2D eigenvalue weighted by Crippen LogP contribution is -2.25. The van der Waals surface area contributed by atoms with Crippen LogP contribution in [0.3, 0.4) is 0 Å². The van der Waals surface area contributed by atoms with Gasteiger partial charge < -0.3 is 19.5 Å². The molecule has 0 unspecified atom stereocenters. The van der Waals surface area contributed by atoms with E-state index in [2.05, 4.69) is 21.9 Å². The van der Waals surface area contributed by atoms with Crippen molar-refractivity contribution in [2.45, 2.75) is 0 Å². The molecular formula is C11H20N4O4. The van der Waals surface area contributed by atoms with Gasteiger partial charge in [0.15, 0.2) is 0 Å². The summed E-state index contributed by atoms with van der Waals surface area (Å²) in [7, 11) is 0. The summed E-state index contributed by atoms with van der Waals surface area (Å²) in [6, 6.07) is 0. The Hall–Kier alpha value is -1.60. The van der Waals surface area contributed by atoms with Gasteiger partial charge in [0, 0.05) is 18.0 Å². The third-order valence-corrected chi connectivity index (χ3v) is 1.87. The lowest BCUT2D eigenvalue weighted by Gasteiger charge is -2.06. The molecule has 0 aromatic carbocycles. The van der Waals surface area contributed by atoms with E-state index in [1.807, 2.05) is 0 Å². The molecule has 8 nitrogen and oxygen atoms in total. The van der Waals surface area contributed by atoms with Crippen molar-refractivity contribution in [2.75, 3.05) is 52.7 Å². The molecule has 0 rings (SSSR count). The highest BCUT2D eigenvalue weighted by atomic mass is 16.5. The number of carbonyl (C=O) groups is 1. The third-order valence-electron chi connectivity index (χ3n) is 1.87. The molecule has 1 N–H and O–H groups in total. The van der Waals surface area contributed by atoms with Crippen LogP contribution < -0.4 is 5.32 Å². The summed E-state index contributed by atoms with van der Waals surface area (Å²) in [6.45, 7) is 6.79. The highest BCUT2D eigenvalue weighted by molar-refractivity contribution is 5.86. The molecule has 0 aliphatic carbocycles. The van der Waals surface area contributed by atoms with Gasteiger partial charge in [0.05, 0.1) is 39.6 Å². The monoisotopic (exact) mass is 272 g/mol. The normalized spacial score (nSPS) is 9.68. The minimum atomic E-state index is -0.210. The van der Waals surface area contributed by atoms with Crippen molar-refractivity contribution >= 4 is 5.91 Å². The first-order valence-corrected chi connectivity index (χ1v) is 5.95. The number of nitrogens with zero attached hydrogens (tertiary/aromatic N) is 3. The predicted octanol–water partition coefficient (Wildman–Crippen LogP) is 0.649. The maximum Gasteiger partial charge on any atom is 0.243 e. The maximum absolute atomic E-state index is 10.8. The van der Waals surface area contributed by atoms with E-state index in [-0.39, 0.29) is 5.91 Å². The molecule has 0 fully saturated rings. The second-order valence-corrected chi connectivity index (χ2v) is 3.29. The molecule has 0 aromatic heterocycles. The van der Waals surface area contributed by atoms with E-state index in [0.717, 1.165) is 0 Å². The molecule has 0 atom stereocenters. The Kier molecular flexibility index (Phi) is 13.2. The SMILES string of the molecule is C=CC(=O)NCCOCCOCCOCCN=[N+]=[N-]. The van der Waals surface area contributed by atoms with Gasteiger partial charge in [0.2, 0.25) is 5.91 Å². The van der Waals surface area contributed by atoms with Crippen LogP contribution in [0.4, 0.5) is 0 Å². The number of ether oxygens (including phenoxy) is 3. The summed E-state index contributed by atoms with van der Waals surface area (Å²) in [5, 5.41) is 5.92. The fourth-order valence-electron chi connectivity index (χ4n) is 1.01. The standard InChI is InChI=1S/C11H20N4O4/c1-2-11(16)13-3-5-17-7-9-19-10-8-18-6-4-14-15-12/h2H,1,3-10H2,(H,13,16). The van der Waals surface area contributed by atoms with Gasteiger partial charge in [0.25, 0.3) is 0 Å². The van der Waals surface area contributed by atoms with Crippen molar-refractivity contribution in [3.63, 3.8) is 0 Å². The summed E-state index contributed by atoms with van der Waals surface area (Å²) in [4.78, 5) is 13.4. The summed E-state index contributed by atoms with van der Waals surface area (Å²) in [5.41, 5.74) is 8.01. The van der Waals surface area contributed by atoms with Crippen molar-refractivity contribution in [1.29, 1.82) is 0 Å². The van der Waals surface area contributed by atoms with Gasteiger partial charge in [-0.2, -0.15) is 0 Å². The fraction of sp³-hybridized carbons (Fsp3) is 0.727. The molecule has 0 saturated heterocycles. The number of azide groups is 1. The molecule has 0 aliphatic heterocycles. The number of nitrogens with one attached hydrogen (secondary N) is 1. The van der Waals surface area contributed by atoms with Crippen molar-refractivity contribution in [3.05, 3.63) is 23.1 Å². The highest BCUT2D eigenvalue weighted by Gasteiger charge is 1.93. The molecular weight excluding hydrogens is 252 g/mol. The number of amides is 1. The zero-order chi connectivity index (χ0) is 14.2. The smallest absolute Gasteiger partial charge is 0.243 e. The number of rotatable bonds is 13.